The maximum atomic E-state index is 12.6. The first-order valence-electron chi connectivity index (χ1n) is 11.0. The van der Waals surface area contributed by atoms with Crippen LogP contribution in [0.1, 0.15) is 58.8 Å². The van der Waals surface area contributed by atoms with E-state index >= 15 is 0 Å². The van der Waals surface area contributed by atoms with Crippen molar-refractivity contribution in [2.75, 3.05) is 38.2 Å². The summed E-state index contributed by atoms with van der Waals surface area (Å²) in [7, 11) is 0.704. The van der Waals surface area contributed by atoms with Crippen LogP contribution >= 0.6 is 0 Å². The Bertz CT molecular complexity index is 856. The van der Waals surface area contributed by atoms with Crippen LogP contribution in [0.2, 0.25) is 0 Å². The van der Waals surface area contributed by atoms with Gasteiger partial charge in [-0.15, -0.1) is 0 Å². The third-order valence-electron chi connectivity index (χ3n) is 6.25. The average molecular weight is 446 g/mol. The zero-order valence-electron chi connectivity index (χ0n) is 20.5. The van der Waals surface area contributed by atoms with Crippen molar-refractivity contribution in [3.63, 3.8) is 0 Å². The van der Waals surface area contributed by atoms with E-state index in [1.807, 2.05) is 66.7 Å². The van der Waals surface area contributed by atoms with Crippen LogP contribution in [0.4, 0.5) is 10.5 Å². The molecule has 0 bridgehead atoms. The number of piperazine rings is 1. The molecule has 1 aromatic rings. The predicted molar refractivity (Wildman–Crippen MR) is 124 cm³/mol. The maximum Gasteiger partial charge on any atom is 0.495 e. The normalized spacial score (nSPS) is 20.3. The summed E-state index contributed by atoms with van der Waals surface area (Å²) < 4.78 is 22.8. The molecule has 1 aromatic carbocycles. The summed E-state index contributed by atoms with van der Waals surface area (Å²) in [4.78, 5) is 28.8. The van der Waals surface area contributed by atoms with Gasteiger partial charge in [0.15, 0.2) is 0 Å². The van der Waals surface area contributed by atoms with Gasteiger partial charge in [0.05, 0.1) is 23.9 Å². The highest BCUT2D eigenvalue weighted by molar-refractivity contribution is 6.63. The molecule has 3 rings (SSSR count). The fourth-order valence-corrected chi connectivity index (χ4v) is 3.68. The minimum Gasteiger partial charge on any atom is -0.465 e. The smallest absolute Gasteiger partial charge is 0.465 e. The molecule has 0 atom stereocenters. The van der Waals surface area contributed by atoms with Gasteiger partial charge in [-0.2, -0.15) is 0 Å². The summed E-state index contributed by atoms with van der Waals surface area (Å²) in [5.41, 5.74) is 0.398. The van der Waals surface area contributed by atoms with Gasteiger partial charge in [0.1, 0.15) is 5.60 Å². The number of carbonyl (C=O) groups excluding carboxylic acids is 2. The molecule has 0 radical (unpaired) electrons. The fraction of sp³-hybridized carbons (Fsp3) is 0.652. The molecule has 8 nitrogen and oxygen atoms in total. The monoisotopic (exact) mass is 446 g/mol. The Kier molecular flexibility index (Phi) is 6.55. The molecule has 1 amide bonds. The highest BCUT2D eigenvalue weighted by atomic mass is 16.7. The van der Waals surface area contributed by atoms with E-state index in [0.29, 0.717) is 37.2 Å². The standard InChI is InChI=1S/C23H35BN2O6/c1-21(2,3)30-20(28)26-13-11-25(12-14-26)16-9-10-18(17(15-16)19(27)29-8)24-31-22(4,5)23(6,7)32-24/h9-10,15H,11-14H2,1-8H3. The number of amides is 1. The fourth-order valence-electron chi connectivity index (χ4n) is 3.68. The SMILES string of the molecule is COC(=O)c1cc(N2CCN(C(=O)OC(C)(C)C)CC2)ccc1B1OC(C)(C)C(C)(C)O1. The summed E-state index contributed by atoms with van der Waals surface area (Å²) in [5, 5.41) is 0. The summed E-state index contributed by atoms with van der Waals surface area (Å²) >= 11 is 0. The molecule has 0 N–H and O–H groups in total. The first kappa shape index (κ1) is 24.4. The lowest BCUT2D eigenvalue weighted by Crippen LogP contribution is -2.50. The molecule has 0 saturated carbocycles. The number of hydrogen-bond acceptors (Lipinski definition) is 7. The van der Waals surface area contributed by atoms with Gasteiger partial charge in [-0.3, -0.25) is 0 Å². The molecule has 2 aliphatic heterocycles. The van der Waals surface area contributed by atoms with Gasteiger partial charge in [-0.25, -0.2) is 9.59 Å². The molecule has 2 fully saturated rings. The van der Waals surface area contributed by atoms with E-state index in [4.69, 9.17) is 18.8 Å². The Morgan fingerprint density at radius 1 is 1.00 bits per heavy atom. The van der Waals surface area contributed by atoms with Gasteiger partial charge >= 0.3 is 19.2 Å². The second kappa shape index (κ2) is 8.59. The van der Waals surface area contributed by atoms with Crippen molar-refractivity contribution < 1.29 is 28.4 Å². The van der Waals surface area contributed by atoms with Gasteiger partial charge in [-0.1, -0.05) is 6.07 Å². The molecular weight excluding hydrogens is 411 g/mol. The lowest BCUT2D eigenvalue weighted by atomic mass is 9.75. The van der Waals surface area contributed by atoms with Crippen molar-refractivity contribution in [3.8, 4) is 0 Å². The number of methoxy groups -OCH3 is 1. The van der Waals surface area contributed by atoms with Crippen LogP contribution in [0.3, 0.4) is 0 Å². The highest BCUT2D eigenvalue weighted by Gasteiger charge is 2.52. The van der Waals surface area contributed by atoms with Gasteiger partial charge in [0, 0.05) is 31.9 Å². The van der Waals surface area contributed by atoms with E-state index in [1.54, 1.807) is 4.90 Å². The van der Waals surface area contributed by atoms with Crippen LogP contribution in [0.5, 0.6) is 0 Å². The first-order chi connectivity index (χ1) is 14.7. The van der Waals surface area contributed by atoms with E-state index in [-0.39, 0.29) is 6.09 Å². The summed E-state index contributed by atoms with van der Waals surface area (Å²) in [6, 6.07) is 5.63. The minimum atomic E-state index is -0.660. The number of hydrogen-bond donors (Lipinski definition) is 0. The van der Waals surface area contributed by atoms with Crippen molar-refractivity contribution >= 4 is 30.3 Å². The van der Waals surface area contributed by atoms with E-state index in [9.17, 15) is 9.59 Å². The van der Waals surface area contributed by atoms with Crippen LogP contribution in [-0.4, -0.2) is 74.2 Å². The molecule has 176 valence electrons. The summed E-state index contributed by atoms with van der Waals surface area (Å²) in [6.45, 7) is 15.8. The van der Waals surface area contributed by atoms with E-state index in [2.05, 4.69) is 4.90 Å². The highest BCUT2D eigenvalue weighted by Crippen LogP contribution is 2.37. The number of carbonyl (C=O) groups is 2. The Morgan fingerprint density at radius 2 is 1.56 bits per heavy atom. The Morgan fingerprint density at radius 3 is 2.06 bits per heavy atom. The number of ether oxygens (including phenoxy) is 2. The Labute approximate surface area is 191 Å². The molecule has 0 unspecified atom stereocenters. The van der Waals surface area contributed by atoms with E-state index in [0.717, 1.165) is 5.69 Å². The summed E-state index contributed by atoms with van der Waals surface area (Å²) in [6.07, 6.45) is -0.302. The van der Waals surface area contributed by atoms with Crippen LogP contribution in [0, 0.1) is 0 Å². The molecule has 9 heteroatoms. The lowest BCUT2D eigenvalue weighted by molar-refractivity contribution is 0.00578. The zero-order valence-corrected chi connectivity index (χ0v) is 20.5. The van der Waals surface area contributed by atoms with Gasteiger partial charge in [-0.05, 0) is 66.1 Å². The Balaban J connectivity index is 1.77. The van der Waals surface area contributed by atoms with Crippen molar-refractivity contribution in [2.24, 2.45) is 0 Å². The van der Waals surface area contributed by atoms with Gasteiger partial charge < -0.3 is 28.6 Å². The predicted octanol–water partition coefficient (Wildman–Crippen LogP) is 2.83. The van der Waals surface area contributed by atoms with Crippen LogP contribution in [0.25, 0.3) is 0 Å². The zero-order chi connectivity index (χ0) is 23.9. The molecule has 32 heavy (non-hydrogen) atoms. The second-order valence-corrected chi connectivity index (χ2v) is 10.3. The maximum absolute atomic E-state index is 12.6. The van der Waals surface area contributed by atoms with Crippen LogP contribution < -0.4 is 10.4 Å². The van der Waals surface area contributed by atoms with E-state index in [1.165, 1.54) is 7.11 Å². The molecule has 0 aromatic heterocycles. The van der Waals surface area contributed by atoms with Crippen molar-refractivity contribution in [2.45, 2.75) is 65.3 Å². The molecule has 0 spiro atoms. The lowest BCUT2D eigenvalue weighted by Gasteiger charge is -2.37. The topological polar surface area (TPSA) is 77.5 Å². The van der Waals surface area contributed by atoms with Crippen LogP contribution in [-0.2, 0) is 18.8 Å². The van der Waals surface area contributed by atoms with Crippen molar-refractivity contribution in [1.82, 2.24) is 4.90 Å². The largest absolute Gasteiger partial charge is 0.495 e. The van der Waals surface area contributed by atoms with Gasteiger partial charge in [0.2, 0.25) is 0 Å². The second-order valence-electron chi connectivity index (χ2n) is 10.3. The van der Waals surface area contributed by atoms with Crippen molar-refractivity contribution in [1.29, 1.82) is 0 Å². The quantitative estimate of drug-likeness (QED) is 0.522. The third kappa shape index (κ3) is 5.04. The summed E-state index contributed by atoms with van der Waals surface area (Å²) in [5.74, 6) is -0.441. The number of anilines is 1. The molecule has 0 aliphatic carbocycles. The molecule has 2 heterocycles. The number of benzene rings is 1. The van der Waals surface area contributed by atoms with Crippen LogP contribution in [0.15, 0.2) is 18.2 Å². The van der Waals surface area contributed by atoms with Gasteiger partial charge in [0.25, 0.3) is 0 Å². The first-order valence-corrected chi connectivity index (χ1v) is 11.0. The third-order valence-corrected chi connectivity index (χ3v) is 6.25. The average Bonchev–Trinajstić information content (AvgIpc) is 2.92. The van der Waals surface area contributed by atoms with Crippen molar-refractivity contribution in [3.05, 3.63) is 23.8 Å². The number of nitrogens with zero attached hydrogens (tertiary/aromatic N) is 2. The van der Waals surface area contributed by atoms with E-state index < -0.39 is 29.9 Å². The Hall–Kier alpha value is -2.26. The molecular formula is C23H35BN2O6. The number of esters is 1. The minimum absolute atomic E-state index is 0.302. The molecule has 2 aliphatic rings. The number of rotatable bonds is 3. The molecule has 2 saturated heterocycles.